The SMILES string of the molecule is Br.Nc1nc(-c2ccncc2)cs1. The minimum absolute atomic E-state index is 0. The zero-order valence-electron chi connectivity index (χ0n) is 6.68. The Morgan fingerprint density at radius 1 is 1.23 bits per heavy atom. The second-order valence-corrected chi connectivity index (χ2v) is 3.20. The predicted octanol–water partition coefficient (Wildman–Crippen LogP) is 2.37. The highest BCUT2D eigenvalue weighted by Crippen LogP contribution is 2.21. The molecule has 2 aromatic heterocycles. The van der Waals surface area contributed by atoms with Gasteiger partial charge < -0.3 is 5.73 Å². The third-order valence-corrected chi connectivity index (χ3v) is 2.17. The van der Waals surface area contributed by atoms with Crippen LogP contribution in [0.2, 0.25) is 0 Å². The zero-order chi connectivity index (χ0) is 8.39. The van der Waals surface area contributed by atoms with Gasteiger partial charge in [0.2, 0.25) is 0 Å². The summed E-state index contributed by atoms with van der Waals surface area (Å²) in [6.45, 7) is 0. The molecule has 0 amide bonds. The van der Waals surface area contributed by atoms with Crippen LogP contribution in [0.15, 0.2) is 29.9 Å². The minimum Gasteiger partial charge on any atom is -0.375 e. The largest absolute Gasteiger partial charge is 0.375 e. The van der Waals surface area contributed by atoms with Gasteiger partial charge in [0.05, 0.1) is 5.69 Å². The van der Waals surface area contributed by atoms with Crippen LogP contribution in [0.3, 0.4) is 0 Å². The number of nitrogens with two attached hydrogens (primary N) is 1. The Morgan fingerprint density at radius 2 is 1.92 bits per heavy atom. The number of aromatic nitrogens is 2. The highest BCUT2D eigenvalue weighted by molar-refractivity contribution is 8.93. The molecule has 0 aliphatic rings. The molecular weight excluding hydrogens is 250 g/mol. The smallest absolute Gasteiger partial charge is 0.180 e. The number of hydrogen-bond donors (Lipinski definition) is 1. The maximum Gasteiger partial charge on any atom is 0.180 e. The Kier molecular flexibility index (Phi) is 3.39. The van der Waals surface area contributed by atoms with Gasteiger partial charge in [0, 0.05) is 23.3 Å². The third-order valence-electron chi connectivity index (χ3n) is 1.50. The van der Waals surface area contributed by atoms with E-state index < -0.39 is 0 Å². The first-order valence-electron chi connectivity index (χ1n) is 3.47. The molecule has 0 bridgehead atoms. The summed E-state index contributed by atoms with van der Waals surface area (Å²) >= 11 is 1.45. The lowest BCUT2D eigenvalue weighted by molar-refractivity contribution is 1.31. The van der Waals surface area contributed by atoms with E-state index in [2.05, 4.69) is 9.97 Å². The molecule has 0 aliphatic heterocycles. The number of thiazole rings is 1. The van der Waals surface area contributed by atoms with Gasteiger partial charge in [-0.25, -0.2) is 4.98 Å². The molecule has 0 saturated carbocycles. The van der Waals surface area contributed by atoms with Crippen molar-refractivity contribution in [1.29, 1.82) is 0 Å². The topological polar surface area (TPSA) is 51.8 Å². The summed E-state index contributed by atoms with van der Waals surface area (Å²) in [6.07, 6.45) is 3.48. The molecule has 0 fully saturated rings. The number of nitrogens with zero attached hydrogens (tertiary/aromatic N) is 2. The van der Waals surface area contributed by atoms with Crippen LogP contribution in [0, 0.1) is 0 Å². The van der Waals surface area contributed by atoms with E-state index in [1.807, 2.05) is 17.5 Å². The van der Waals surface area contributed by atoms with E-state index in [9.17, 15) is 0 Å². The molecule has 3 nitrogen and oxygen atoms in total. The fraction of sp³-hybridized carbons (Fsp3) is 0. The van der Waals surface area contributed by atoms with Gasteiger partial charge in [-0.2, -0.15) is 0 Å². The van der Waals surface area contributed by atoms with Gasteiger partial charge in [-0.3, -0.25) is 4.98 Å². The monoisotopic (exact) mass is 257 g/mol. The Morgan fingerprint density at radius 3 is 2.46 bits per heavy atom. The van der Waals surface area contributed by atoms with Crippen molar-refractivity contribution in [3.63, 3.8) is 0 Å². The van der Waals surface area contributed by atoms with Gasteiger partial charge >= 0.3 is 0 Å². The van der Waals surface area contributed by atoms with Gasteiger partial charge in [0.25, 0.3) is 0 Å². The molecule has 0 saturated heterocycles. The normalized spacial score (nSPS) is 9.23. The van der Waals surface area contributed by atoms with Crippen molar-refractivity contribution >= 4 is 33.4 Å². The molecule has 0 aliphatic carbocycles. The van der Waals surface area contributed by atoms with E-state index in [1.54, 1.807) is 12.4 Å². The Bertz CT molecular complexity index is 374. The fourth-order valence-electron chi connectivity index (χ4n) is 0.943. The van der Waals surface area contributed by atoms with Crippen LogP contribution in [0.1, 0.15) is 0 Å². The van der Waals surface area contributed by atoms with Crippen molar-refractivity contribution in [1.82, 2.24) is 9.97 Å². The number of nitrogen functional groups attached to an aromatic ring is 1. The van der Waals surface area contributed by atoms with Crippen molar-refractivity contribution in [3.8, 4) is 11.3 Å². The fourth-order valence-corrected chi connectivity index (χ4v) is 1.52. The van der Waals surface area contributed by atoms with Gasteiger partial charge in [-0.1, -0.05) is 0 Å². The van der Waals surface area contributed by atoms with E-state index in [0.29, 0.717) is 5.13 Å². The second-order valence-electron chi connectivity index (χ2n) is 2.31. The van der Waals surface area contributed by atoms with Crippen molar-refractivity contribution in [2.45, 2.75) is 0 Å². The number of anilines is 1. The second kappa shape index (κ2) is 4.34. The maximum atomic E-state index is 5.51. The summed E-state index contributed by atoms with van der Waals surface area (Å²) < 4.78 is 0. The summed E-state index contributed by atoms with van der Waals surface area (Å²) in [6, 6.07) is 3.82. The zero-order valence-corrected chi connectivity index (χ0v) is 9.20. The molecule has 2 rings (SSSR count). The first-order valence-corrected chi connectivity index (χ1v) is 4.35. The van der Waals surface area contributed by atoms with Gasteiger partial charge in [0.1, 0.15) is 0 Å². The van der Waals surface area contributed by atoms with Crippen LogP contribution in [-0.4, -0.2) is 9.97 Å². The minimum atomic E-state index is 0. The van der Waals surface area contributed by atoms with Crippen LogP contribution in [0.4, 0.5) is 5.13 Å². The Labute approximate surface area is 90.4 Å². The lowest BCUT2D eigenvalue weighted by Gasteiger charge is -1.92. The van der Waals surface area contributed by atoms with Gasteiger partial charge in [-0.15, -0.1) is 28.3 Å². The summed E-state index contributed by atoms with van der Waals surface area (Å²) in [5, 5.41) is 2.53. The van der Waals surface area contributed by atoms with Crippen molar-refractivity contribution in [3.05, 3.63) is 29.9 Å². The van der Waals surface area contributed by atoms with Crippen LogP contribution >= 0.6 is 28.3 Å². The summed E-state index contributed by atoms with van der Waals surface area (Å²) in [5.41, 5.74) is 7.48. The van der Waals surface area contributed by atoms with Crippen LogP contribution < -0.4 is 5.73 Å². The van der Waals surface area contributed by atoms with Crippen molar-refractivity contribution in [2.24, 2.45) is 0 Å². The van der Waals surface area contributed by atoms with Crippen LogP contribution in [0.25, 0.3) is 11.3 Å². The van der Waals surface area contributed by atoms with E-state index in [1.165, 1.54) is 11.3 Å². The number of hydrogen-bond acceptors (Lipinski definition) is 4. The molecule has 2 heterocycles. The van der Waals surface area contributed by atoms with Crippen LogP contribution in [0.5, 0.6) is 0 Å². The number of pyridine rings is 1. The average Bonchev–Trinajstić information content (AvgIpc) is 2.54. The first kappa shape index (κ1) is 10.1. The third kappa shape index (κ3) is 2.26. The molecule has 2 aromatic rings. The molecule has 0 spiro atoms. The molecule has 13 heavy (non-hydrogen) atoms. The van der Waals surface area contributed by atoms with Gasteiger partial charge in [0.15, 0.2) is 5.13 Å². The number of halogens is 1. The Balaban J connectivity index is 0.000000845. The van der Waals surface area contributed by atoms with Gasteiger partial charge in [-0.05, 0) is 12.1 Å². The summed E-state index contributed by atoms with van der Waals surface area (Å²) in [4.78, 5) is 8.07. The predicted molar refractivity (Wildman–Crippen MR) is 60.1 cm³/mol. The summed E-state index contributed by atoms with van der Waals surface area (Å²) in [7, 11) is 0. The molecule has 5 heteroatoms. The molecule has 0 unspecified atom stereocenters. The molecule has 68 valence electrons. The highest BCUT2D eigenvalue weighted by atomic mass is 79.9. The van der Waals surface area contributed by atoms with Crippen molar-refractivity contribution < 1.29 is 0 Å². The van der Waals surface area contributed by atoms with E-state index in [0.717, 1.165) is 11.3 Å². The maximum absolute atomic E-state index is 5.51. The Hall–Kier alpha value is -0.940. The van der Waals surface area contributed by atoms with Crippen LogP contribution in [-0.2, 0) is 0 Å². The quantitative estimate of drug-likeness (QED) is 0.854. The summed E-state index contributed by atoms with van der Waals surface area (Å²) in [5.74, 6) is 0. The molecule has 2 N–H and O–H groups in total. The molecular formula is C8H8BrN3S. The molecule has 0 aromatic carbocycles. The van der Waals surface area contributed by atoms with E-state index >= 15 is 0 Å². The molecule has 0 radical (unpaired) electrons. The average molecular weight is 258 g/mol. The first-order chi connectivity index (χ1) is 5.86. The van der Waals surface area contributed by atoms with E-state index in [-0.39, 0.29) is 17.0 Å². The standard InChI is InChI=1S/C8H7N3S.BrH/c9-8-11-7(5-12-8)6-1-3-10-4-2-6;/h1-5H,(H2,9,11);1H. The highest BCUT2D eigenvalue weighted by Gasteiger charge is 1.99. The van der Waals surface area contributed by atoms with Crippen molar-refractivity contribution in [2.75, 3.05) is 5.73 Å². The number of rotatable bonds is 1. The van der Waals surface area contributed by atoms with E-state index in [4.69, 9.17) is 5.73 Å². The lowest BCUT2D eigenvalue weighted by Crippen LogP contribution is -1.82. The molecule has 0 atom stereocenters. The lowest BCUT2D eigenvalue weighted by atomic mass is 10.2.